The molecule has 0 heterocycles. The molecule has 0 aromatic heterocycles. The minimum Gasteiger partial charge on any atom is -0.327 e. The van der Waals surface area contributed by atoms with Crippen molar-refractivity contribution in [3.8, 4) is 0 Å². The van der Waals surface area contributed by atoms with E-state index in [4.69, 9.17) is 16.4 Å². The molecule has 0 amide bonds. The molecule has 2 unspecified atom stereocenters. The highest BCUT2D eigenvalue weighted by molar-refractivity contribution is 8.21. The zero-order valence-electron chi connectivity index (χ0n) is 7.02. The fourth-order valence-corrected chi connectivity index (χ4v) is 2.72. The van der Waals surface area contributed by atoms with Crippen LogP contribution in [0.5, 0.6) is 0 Å². The molecule has 0 fully saturated rings. The number of hydrogen-bond acceptors (Lipinski definition) is 2. The summed E-state index contributed by atoms with van der Waals surface area (Å²) in [7, 11) is 7.02. The Balaban J connectivity index is 4.07. The van der Waals surface area contributed by atoms with Crippen LogP contribution in [0.1, 0.15) is 27.7 Å². The molecule has 0 rings (SSSR count). The monoisotopic (exact) mass is 181 g/mol. The average Bonchev–Trinajstić information content (AvgIpc) is 1.60. The van der Waals surface area contributed by atoms with E-state index >= 15 is 0 Å². The van der Waals surface area contributed by atoms with Gasteiger partial charge in [0.2, 0.25) is 0 Å². The first-order valence-electron chi connectivity index (χ1n) is 3.42. The molecule has 2 N–H and O–H groups in total. The topological polar surface area (TPSA) is 26.0 Å². The van der Waals surface area contributed by atoms with Crippen LogP contribution >= 0.6 is 21.7 Å². The van der Waals surface area contributed by atoms with E-state index in [1.807, 2.05) is 6.92 Å². The fourth-order valence-electron chi connectivity index (χ4n) is 1.00. The van der Waals surface area contributed by atoms with Gasteiger partial charge >= 0.3 is 0 Å². The molecule has 0 aliphatic rings. The van der Waals surface area contributed by atoms with Gasteiger partial charge in [0, 0.05) is 11.3 Å². The Morgan fingerprint density at radius 3 is 1.80 bits per heavy atom. The summed E-state index contributed by atoms with van der Waals surface area (Å²) in [6.45, 7) is 8.44. The predicted octanol–water partition coefficient (Wildman–Crippen LogP) is 2.64. The minimum atomic E-state index is 0.155. The number of nitrogens with two attached hydrogens (primary N) is 1. The number of hydrogen-bond donors (Lipinski definition) is 1. The van der Waals surface area contributed by atoms with E-state index in [-0.39, 0.29) is 11.5 Å². The van der Waals surface area contributed by atoms with E-state index in [0.29, 0.717) is 5.25 Å². The molecule has 0 aliphatic heterocycles. The molecule has 0 spiro atoms. The Hall–Kier alpha value is 0.600. The molecule has 3 heteroatoms. The van der Waals surface area contributed by atoms with Gasteiger partial charge in [-0.15, -0.1) is 0 Å². The van der Waals surface area contributed by atoms with Crippen LogP contribution < -0.4 is 5.73 Å². The van der Waals surface area contributed by atoms with Crippen molar-refractivity contribution in [1.29, 1.82) is 0 Å². The lowest BCUT2D eigenvalue weighted by Gasteiger charge is -2.30. The standard InChI is InChI=1S/C7H16ClNS/c1-5(9)6(10-8)7(2,3)4/h5-6H,9H2,1-4H3. The van der Waals surface area contributed by atoms with Gasteiger partial charge in [0.1, 0.15) is 0 Å². The van der Waals surface area contributed by atoms with Crippen molar-refractivity contribution in [3.05, 3.63) is 0 Å². The summed E-state index contributed by atoms with van der Waals surface area (Å²) in [4.78, 5) is 0. The summed E-state index contributed by atoms with van der Waals surface area (Å²) in [6, 6.07) is 0.155. The molecule has 0 bridgehead atoms. The highest BCUT2D eigenvalue weighted by atomic mass is 35.7. The van der Waals surface area contributed by atoms with Gasteiger partial charge in [-0.05, 0) is 23.0 Å². The first kappa shape index (κ1) is 10.6. The molecule has 0 radical (unpaired) electrons. The minimum absolute atomic E-state index is 0.155. The number of rotatable bonds is 2. The van der Waals surface area contributed by atoms with Crippen LogP contribution in [0.25, 0.3) is 0 Å². The second-order valence-electron chi connectivity index (χ2n) is 3.73. The Labute approximate surface area is 72.2 Å². The van der Waals surface area contributed by atoms with Crippen molar-refractivity contribution in [2.45, 2.75) is 39.0 Å². The van der Waals surface area contributed by atoms with Crippen molar-refractivity contribution in [1.82, 2.24) is 0 Å². The molecule has 0 aliphatic carbocycles. The van der Waals surface area contributed by atoms with E-state index in [2.05, 4.69) is 20.8 Å². The van der Waals surface area contributed by atoms with Crippen LogP contribution in [0.4, 0.5) is 0 Å². The maximum absolute atomic E-state index is 5.73. The van der Waals surface area contributed by atoms with Crippen molar-refractivity contribution < 1.29 is 0 Å². The van der Waals surface area contributed by atoms with Gasteiger partial charge in [0.15, 0.2) is 0 Å². The second-order valence-corrected chi connectivity index (χ2v) is 4.96. The second kappa shape index (κ2) is 3.84. The van der Waals surface area contributed by atoms with Crippen LogP contribution in [0, 0.1) is 5.41 Å². The van der Waals surface area contributed by atoms with Gasteiger partial charge < -0.3 is 5.73 Å². The highest BCUT2D eigenvalue weighted by Gasteiger charge is 2.27. The Morgan fingerprint density at radius 2 is 1.80 bits per heavy atom. The van der Waals surface area contributed by atoms with E-state index in [1.54, 1.807) is 0 Å². The third kappa shape index (κ3) is 3.13. The number of halogens is 1. The first-order valence-corrected chi connectivity index (χ1v) is 5.13. The zero-order chi connectivity index (χ0) is 8.36. The lowest BCUT2D eigenvalue weighted by molar-refractivity contribution is 0.365. The summed E-state index contributed by atoms with van der Waals surface area (Å²) in [6.07, 6.45) is 0. The summed E-state index contributed by atoms with van der Waals surface area (Å²) < 4.78 is 0. The maximum atomic E-state index is 5.73. The third-order valence-corrected chi connectivity index (χ3v) is 3.33. The zero-order valence-corrected chi connectivity index (χ0v) is 8.59. The smallest absolute Gasteiger partial charge is 0.0396 e. The van der Waals surface area contributed by atoms with Crippen LogP contribution in [-0.4, -0.2) is 11.3 Å². The molecular formula is C7H16ClNS. The molecular weight excluding hydrogens is 166 g/mol. The molecule has 62 valence electrons. The molecule has 10 heavy (non-hydrogen) atoms. The average molecular weight is 182 g/mol. The van der Waals surface area contributed by atoms with Gasteiger partial charge in [-0.2, -0.15) is 0 Å². The van der Waals surface area contributed by atoms with Gasteiger partial charge in [-0.3, -0.25) is 0 Å². The maximum Gasteiger partial charge on any atom is 0.0396 e. The van der Waals surface area contributed by atoms with Gasteiger partial charge in [-0.25, -0.2) is 0 Å². The molecule has 2 atom stereocenters. The molecule has 0 saturated heterocycles. The van der Waals surface area contributed by atoms with Crippen LogP contribution in [0.3, 0.4) is 0 Å². The molecule has 1 nitrogen and oxygen atoms in total. The molecule has 0 saturated carbocycles. The quantitative estimate of drug-likeness (QED) is 0.709. The predicted molar refractivity (Wildman–Crippen MR) is 50.3 cm³/mol. The Bertz CT molecular complexity index is 98.3. The summed E-state index contributed by atoms with van der Waals surface area (Å²) >= 11 is 0. The van der Waals surface area contributed by atoms with Gasteiger partial charge in [-0.1, -0.05) is 31.7 Å². The van der Waals surface area contributed by atoms with E-state index in [0.717, 1.165) is 0 Å². The van der Waals surface area contributed by atoms with Crippen molar-refractivity contribution in [2.75, 3.05) is 0 Å². The van der Waals surface area contributed by atoms with E-state index in [9.17, 15) is 0 Å². The Morgan fingerprint density at radius 1 is 1.40 bits per heavy atom. The summed E-state index contributed by atoms with van der Waals surface area (Å²) in [5, 5.41) is 0.328. The normalized spacial score (nSPS) is 18.6. The lowest BCUT2D eigenvalue weighted by Crippen LogP contribution is -2.38. The van der Waals surface area contributed by atoms with Crippen molar-refractivity contribution in [2.24, 2.45) is 11.1 Å². The van der Waals surface area contributed by atoms with Gasteiger partial charge in [0.05, 0.1) is 0 Å². The van der Waals surface area contributed by atoms with Crippen LogP contribution in [-0.2, 0) is 0 Å². The van der Waals surface area contributed by atoms with Crippen molar-refractivity contribution in [3.63, 3.8) is 0 Å². The third-order valence-electron chi connectivity index (χ3n) is 1.43. The lowest BCUT2D eigenvalue weighted by atomic mass is 9.88. The SMILES string of the molecule is CC(N)C(SCl)C(C)(C)C. The molecule has 0 aromatic carbocycles. The summed E-state index contributed by atoms with van der Waals surface area (Å²) in [5.41, 5.74) is 5.92. The largest absolute Gasteiger partial charge is 0.327 e. The van der Waals surface area contributed by atoms with Crippen LogP contribution in [0.2, 0.25) is 0 Å². The van der Waals surface area contributed by atoms with E-state index in [1.165, 1.54) is 11.0 Å². The Kier molecular flexibility index (Phi) is 4.07. The van der Waals surface area contributed by atoms with Crippen molar-refractivity contribution >= 4 is 21.7 Å². The highest BCUT2D eigenvalue weighted by Crippen LogP contribution is 2.34. The van der Waals surface area contributed by atoms with Crippen LogP contribution in [0.15, 0.2) is 0 Å². The molecule has 0 aromatic rings. The summed E-state index contributed by atoms with van der Waals surface area (Å²) in [5.74, 6) is 0. The van der Waals surface area contributed by atoms with Gasteiger partial charge in [0.25, 0.3) is 0 Å². The fraction of sp³-hybridized carbons (Fsp3) is 1.00. The first-order chi connectivity index (χ1) is 4.39. The van der Waals surface area contributed by atoms with E-state index < -0.39 is 0 Å².